The summed E-state index contributed by atoms with van der Waals surface area (Å²) in [6, 6.07) is 6.41. The molecule has 3 rings (SSSR count). The fraction of sp³-hybridized carbons (Fsp3) is 0.333. The molecule has 8 heteroatoms. The molecule has 2 aromatic rings. The molecule has 0 aliphatic carbocycles. The molecule has 0 aromatic carbocycles. The topological polar surface area (TPSA) is 86.4 Å². The van der Waals surface area contributed by atoms with Gasteiger partial charge in [0.2, 0.25) is 0 Å². The highest BCUT2D eigenvalue weighted by atomic mass is 32.1. The number of H-pyrrole nitrogens is 1. The number of piperazine rings is 1. The molecule has 1 N–H and O–H groups in total. The van der Waals surface area contributed by atoms with Gasteiger partial charge in [0.15, 0.2) is 5.78 Å². The van der Waals surface area contributed by atoms with Gasteiger partial charge in [-0.15, -0.1) is 11.3 Å². The molecule has 1 fully saturated rings. The predicted octanol–water partition coefficient (Wildman–Crippen LogP) is 0.472. The second kappa shape index (κ2) is 6.84. The Labute approximate surface area is 136 Å². The summed E-state index contributed by atoms with van der Waals surface area (Å²) < 4.78 is 0. The number of hydrogen-bond donors (Lipinski definition) is 1. The van der Waals surface area contributed by atoms with Crippen LogP contribution in [-0.2, 0) is 0 Å². The van der Waals surface area contributed by atoms with Crippen molar-refractivity contribution in [3.8, 4) is 0 Å². The molecule has 0 radical (unpaired) electrons. The lowest BCUT2D eigenvalue weighted by Crippen LogP contribution is -2.50. The molecular weight excluding hydrogens is 316 g/mol. The van der Waals surface area contributed by atoms with Gasteiger partial charge in [0.05, 0.1) is 11.4 Å². The zero-order valence-electron chi connectivity index (χ0n) is 12.4. The minimum Gasteiger partial charge on any atom is -0.335 e. The molecule has 1 aliphatic heterocycles. The molecule has 1 aliphatic rings. The first kappa shape index (κ1) is 15.6. The maximum Gasteiger partial charge on any atom is 0.274 e. The van der Waals surface area contributed by atoms with E-state index in [9.17, 15) is 14.4 Å². The number of nitrogens with zero attached hydrogens (tertiary/aromatic N) is 3. The van der Waals surface area contributed by atoms with Crippen LogP contribution in [0, 0.1) is 0 Å². The van der Waals surface area contributed by atoms with Crippen molar-refractivity contribution in [3.05, 3.63) is 50.6 Å². The Morgan fingerprint density at radius 2 is 1.96 bits per heavy atom. The molecule has 0 spiro atoms. The summed E-state index contributed by atoms with van der Waals surface area (Å²) in [4.78, 5) is 39.9. The van der Waals surface area contributed by atoms with E-state index in [0.29, 0.717) is 32.7 Å². The minimum absolute atomic E-state index is 0.113. The second-order valence-electron chi connectivity index (χ2n) is 5.28. The van der Waals surface area contributed by atoms with Crippen LogP contribution in [-0.4, -0.2) is 64.4 Å². The highest BCUT2D eigenvalue weighted by Crippen LogP contribution is 2.12. The van der Waals surface area contributed by atoms with Gasteiger partial charge in [-0.2, -0.15) is 5.10 Å². The Morgan fingerprint density at radius 3 is 2.57 bits per heavy atom. The van der Waals surface area contributed by atoms with Gasteiger partial charge in [-0.3, -0.25) is 19.3 Å². The van der Waals surface area contributed by atoms with Gasteiger partial charge >= 0.3 is 0 Å². The number of rotatable bonds is 4. The third-order valence-corrected chi connectivity index (χ3v) is 4.63. The Kier molecular flexibility index (Phi) is 4.63. The number of aromatic nitrogens is 2. The number of aromatic amines is 1. The highest BCUT2D eigenvalue weighted by molar-refractivity contribution is 7.12. The number of ketones is 1. The third kappa shape index (κ3) is 3.72. The predicted molar refractivity (Wildman–Crippen MR) is 85.9 cm³/mol. The van der Waals surface area contributed by atoms with E-state index in [-0.39, 0.29) is 22.9 Å². The molecular formula is C15H16N4O3S. The number of carbonyl (C=O) groups excluding carboxylic acids is 2. The van der Waals surface area contributed by atoms with Gasteiger partial charge in [0.25, 0.3) is 11.5 Å². The third-order valence-electron chi connectivity index (χ3n) is 3.72. The van der Waals surface area contributed by atoms with Crippen LogP contribution in [0.15, 0.2) is 34.4 Å². The maximum absolute atomic E-state index is 12.3. The van der Waals surface area contributed by atoms with E-state index in [0.717, 1.165) is 4.88 Å². The minimum atomic E-state index is -0.335. The van der Waals surface area contributed by atoms with Crippen molar-refractivity contribution in [2.24, 2.45) is 0 Å². The van der Waals surface area contributed by atoms with E-state index < -0.39 is 0 Å². The molecule has 23 heavy (non-hydrogen) atoms. The molecule has 7 nitrogen and oxygen atoms in total. The second-order valence-corrected chi connectivity index (χ2v) is 6.22. The summed E-state index contributed by atoms with van der Waals surface area (Å²) in [5.74, 6) is -0.0902. The van der Waals surface area contributed by atoms with Gasteiger partial charge in [0.1, 0.15) is 5.69 Å². The summed E-state index contributed by atoms with van der Waals surface area (Å²) in [5, 5.41) is 7.91. The van der Waals surface area contributed by atoms with Crippen LogP contribution in [0.4, 0.5) is 0 Å². The van der Waals surface area contributed by atoms with Crippen molar-refractivity contribution in [1.29, 1.82) is 0 Å². The summed E-state index contributed by atoms with van der Waals surface area (Å²) in [6.07, 6.45) is 0. The molecule has 0 saturated carbocycles. The summed E-state index contributed by atoms with van der Waals surface area (Å²) in [7, 11) is 0. The van der Waals surface area contributed by atoms with Crippen LogP contribution in [0.3, 0.4) is 0 Å². The van der Waals surface area contributed by atoms with E-state index in [1.54, 1.807) is 4.90 Å². The zero-order valence-corrected chi connectivity index (χ0v) is 13.2. The maximum atomic E-state index is 12.3. The summed E-state index contributed by atoms with van der Waals surface area (Å²) in [6.45, 7) is 2.74. The smallest absolute Gasteiger partial charge is 0.274 e. The molecule has 0 unspecified atom stereocenters. The number of carbonyl (C=O) groups is 2. The normalized spacial score (nSPS) is 15.6. The van der Waals surface area contributed by atoms with Gasteiger partial charge in [-0.1, -0.05) is 6.07 Å². The fourth-order valence-corrected chi connectivity index (χ4v) is 3.11. The molecule has 1 amide bonds. The SMILES string of the molecule is O=C(CN1CCN(C(=O)c2ccc(=O)[nH]n2)CC1)c1cccs1. The number of thiophene rings is 1. The Balaban J connectivity index is 1.54. The molecule has 1 saturated heterocycles. The van der Waals surface area contributed by atoms with E-state index in [4.69, 9.17) is 0 Å². The zero-order chi connectivity index (χ0) is 16.2. The standard InChI is InChI=1S/C15H16N4O3S/c20-12(13-2-1-9-23-13)10-18-5-7-19(8-6-18)15(22)11-3-4-14(21)17-16-11/h1-4,9H,5-8,10H2,(H,17,21). The van der Waals surface area contributed by atoms with Crippen molar-refractivity contribution in [2.75, 3.05) is 32.7 Å². The van der Waals surface area contributed by atoms with Gasteiger partial charge in [0, 0.05) is 32.2 Å². The number of nitrogens with one attached hydrogen (secondary N) is 1. The molecule has 0 atom stereocenters. The van der Waals surface area contributed by atoms with Crippen LogP contribution in [0.1, 0.15) is 20.2 Å². The van der Waals surface area contributed by atoms with Crippen LogP contribution in [0.25, 0.3) is 0 Å². The van der Waals surface area contributed by atoms with Crippen LogP contribution < -0.4 is 5.56 Å². The fourth-order valence-electron chi connectivity index (χ4n) is 2.45. The lowest BCUT2D eigenvalue weighted by Gasteiger charge is -2.34. The first-order valence-electron chi connectivity index (χ1n) is 7.27. The van der Waals surface area contributed by atoms with Crippen molar-refractivity contribution < 1.29 is 9.59 Å². The van der Waals surface area contributed by atoms with Gasteiger partial charge < -0.3 is 4.90 Å². The molecule has 2 aromatic heterocycles. The Bertz CT molecular complexity index is 728. The first-order valence-corrected chi connectivity index (χ1v) is 8.15. The Hall–Kier alpha value is -2.32. The number of hydrogen-bond acceptors (Lipinski definition) is 6. The van der Waals surface area contributed by atoms with Crippen LogP contribution in [0.5, 0.6) is 0 Å². The largest absolute Gasteiger partial charge is 0.335 e. The van der Waals surface area contributed by atoms with Crippen molar-refractivity contribution in [2.45, 2.75) is 0 Å². The summed E-state index contributed by atoms with van der Waals surface area (Å²) in [5.41, 5.74) is -0.105. The average molecular weight is 332 g/mol. The van der Waals surface area contributed by atoms with Crippen molar-refractivity contribution in [3.63, 3.8) is 0 Å². The first-order chi connectivity index (χ1) is 11.1. The van der Waals surface area contributed by atoms with Crippen LogP contribution in [0.2, 0.25) is 0 Å². The van der Waals surface area contributed by atoms with E-state index in [1.807, 2.05) is 22.4 Å². The quantitative estimate of drug-likeness (QED) is 0.823. The average Bonchev–Trinajstić information content (AvgIpc) is 3.10. The number of Topliss-reactive ketones (excluding diaryl/α,β-unsaturated/α-hetero) is 1. The lowest BCUT2D eigenvalue weighted by atomic mass is 10.2. The Morgan fingerprint density at radius 1 is 1.17 bits per heavy atom. The van der Waals surface area contributed by atoms with Gasteiger partial charge in [-0.05, 0) is 17.5 Å². The lowest BCUT2D eigenvalue weighted by molar-refractivity contribution is 0.0618. The monoisotopic (exact) mass is 332 g/mol. The number of amides is 1. The van der Waals surface area contributed by atoms with Crippen molar-refractivity contribution in [1.82, 2.24) is 20.0 Å². The van der Waals surface area contributed by atoms with Crippen molar-refractivity contribution >= 4 is 23.0 Å². The molecule has 3 heterocycles. The van der Waals surface area contributed by atoms with Crippen LogP contribution >= 0.6 is 11.3 Å². The van der Waals surface area contributed by atoms with E-state index in [1.165, 1.54) is 23.5 Å². The molecule has 0 bridgehead atoms. The molecule has 120 valence electrons. The van der Waals surface area contributed by atoms with Gasteiger partial charge in [-0.25, -0.2) is 5.10 Å². The van der Waals surface area contributed by atoms with E-state index >= 15 is 0 Å². The van der Waals surface area contributed by atoms with E-state index in [2.05, 4.69) is 10.2 Å². The highest BCUT2D eigenvalue weighted by Gasteiger charge is 2.24. The summed E-state index contributed by atoms with van der Waals surface area (Å²) >= 11 is 1.45.